The molecule has 0 radical (unpaired) electrons. The third-order valence-electron chi connectivity index (χ3n) is 4.31. The number of hydrogen-bond acceptors (Lipinski definition) is 6. The first-order chi connectivity index (χ1) is 11.1. The molecule has 7 nitrogen and oxygen atoms in total. The highest BCUT2D eigenvalue weighted by Gasteiger charge is 2.25. The minimum atomic E-state index is -0.683. The molecule has 1 aliphatic rings. The maximum absolute atomic E-state index is 12.7. The average Bonchev–Trinajstić information content (AvgIpc) is 2.60. The van der Waals surface area contributed by atoms with Crippen LogP contribution in [0.1, 0.15) is 54.2 Å². The van der Waals surface area contributed by atoms with Crippen LogP contribution in [0.15, 0.2) is 11.0 Å². The normalized spacial score (nSPS) is 15.8. The van der Waals surface area contributed by atoms with Crippen molar-refractivity contribution in [2.45, 2.75) is 50.9 Å². The SMILES string of the molecule is COC(=O)c1cnc(C2CCCCC2)n(CC(OC)OC)c1=O. The topological polar surface area (TPSA) is 79.7 Å². The van der Waals surface area contributed by atoms with Gasteiger partial charge in [-0.1, -0.05) is 19.3 Å². The molecule has 0 N–H and O–H groups in total. The molecule has 23 heavy (non-hydrogen) atoms. The molecular weight excluding hydrogens is 300 g/mol. The largest absolute Gasteiger partial charge is 0.465 e. The third-order valence-corrected chi connectivity index (χ3v) is 4.31. The first kappa shape index (κ1) is 17.6. The molecule has 0 aromatic carbocycles. The van der Waals surface area contributed by atoms with Gasteiger partial charge in [-0.15, -0.1) is 0 Å². The van der Waals surface area contributed by atoms with E-state index in [1.807, 2.05) is 0 Å². The number of hydrogen-bond donors (Lipinski definition) is 0. The van der Waals surface area contributed by atoms with E-state index in [0.717, 1.165) is 25.7 Å². The highest BCUT2D eigenvalue weighted by molar-refractivity contribution is 5.88. The van der Waals surface area contributed by atoms with Gasteiger partial charge in [0, 0.05) is 26.3 Å². The second kappa shape index (κ2) is 8.21. The molecule has 1 aromatic rings. The fourth-order valence-corrected chi connectivity index (χ4v) is 3.01. The maximum atomic E-state index is 12.7. The summed E-state index contributed by atoms with van der Waals surface area (Å²) in [5.41, 5.74) is -0.482. The van der Waals surface area contributed by atoms with Crippen LogP contribution >= 0.6 is 0 Å². The van der Waals surface area contributed by atoms with Gasteiger partial charge in [0.05, 0.1) is 13.7 Å². The van der Waals surface area contributed by atoms with Crippen molar-refractivity contribution in [3.8, 4) is 0 Å². The van der Waals surface area contributed by atoms with Gasteiger partial charge >= 0.3 is 5.97 Å². The van der Waals surface area contributed by atoms with E-state index in [4.69, 9.17) is 9.47 Å². The zero-order valence-corrected chi connectivity index (χ0v) is 13.9. The van der Waals surface area contributed by atoms with Crippen LogP contribution in [0.5, 0.6) is 0 Å². The fraction of sp³-hybridized carbons (Fsp3) is 0.688. The summed E-state index contributed by atoms with van der Waals surface area (Å²) in [5.74, 6) is 0.233. The van der Waals surface area contributed by atoms with Crippen LogP contribution in [-0.4, -0.2) is 43.1 Å². The van der Waals surface area contributed by atoms with E-state index in [1.165, 1.54) is 38.5 Å². The maximum Gasteiger partial charge on any atom is 0.345 e. The number of rotatable bonds is 6. The Morgan fingerprint density at radius 1 is 1.26 bits per heavy atom. The average molecular weight is 324 g/mol. The fourth-order valence-electron chi connectivity index (χ4n) is 3.01. The van der Waals surface area contributed by atoms with Crippen LogP contribution in [0.2, 0.25) is 0 Å². The number of methoxy groups -OCH3 is 3. The van der Waals surface area contributed by atoms with E-state index in [-0.39, 0.29) is 18.0 Å². The Kier molecular flexibility index (Phi) is 6.29. The van der Waals surface area contributed by atoms with Gasteiger partial charge in [0.2, 0.25) is 0 Å². The van der Waals surface area contributed by atoms with Crippen molar-refractivity contribution >= 4 is 5.97 Å². The van der Waals surface area contributed by atoms with Gasteiger partial charge in [-0.3, -0.25) is 9.36 Å². The Hall–Kier alpha value is -1.73. The molecule has 1 heterocycles. The van der Waals surface area contributed by atoms with Crippen LogP contribution in [0.25, 0.3) is 0 Å². The summed E-state index contributed by atoms with van der Waals surface area (Å²) in [6.07, 6.45) is 6.19. The van der Waals surface area contributed by atoms with E-state index in [1.54, 1.807) is 0 Å². The lowest BCUT2D eigenvalue weighted by Gasteiger charge is -2.25. The van der Waals surface area contributed by atoms with Gasteiger partial charge in [0.15, 0.2) is 6.29 Å². The first-order valence-corrected chi connectivity index (χ1v) is 7.86. The van der Waals surface area contributed by atoms with E-state index < -0.39 is 17.8 Å². The zero-order valence-electron chi connectivity index (χ0n) is 13.9. The van der Waals surface area contributed by atoms with Crippen molar-refractivity contribution in [2.24, 2.45) is 0 Å². The predicted octanol–water partition coefficient (Wildman–Crippen LogP) is 1.70. The van der Waals surface area contributed by atoms with Crippen molar-refractivity contribution in [1.82, 2.24) is 9.55 Å². The number of esters is 1. The molecule has 0 saturated heterocycles. The van der Waals surface area contributed by atoms with Gasteiger partial charge in [-0.05, 0) is 12.8 Å². The van der Waals surface area contributed by atoms with Gasteiger partial charge in [-0.25, -0.2) is 9.78 Å². The molecule has 2 rings (SSSR count). The molecule has 0 bridgehead atoms. The Labute approximate surface area is 135 Å². The monoisotopic (exact) mass is 324 g/mol. The van der Waals surface area contributed by atoms with E-state index in [2.05, 4.69) is 9.72 Å². The summed E-state index contributed by atoms with van der Waals surface area (Å²) in [6.45, 7) is 0.190. The molecule has 1 saturated carbocycles. The van der Waals surface area contributed by atoms with E-state index >= 15 is 0 Å². The van der Waals surface area contributed by atoms with Gasteiger partial charge in [0.25, 0.3) is 5.56 Å². The number of carbonyl (C=O) groups is 1. The highest BCUT2D eigenvalue weighted by Crippen LogP contribution is 2.31. The van der Waals surface area contributed by atoms with Crippen LogP contribution in [-0.2, 0) is 20.8 Å². The Morgan fingerprint density at radius 3 is 2.48 bits per heavy atom. The minimum absolute atomic E-state index is 0.0713. The molecule has 1 aromatic heterocycles. The minimum Gasteiger partial charge on any atom is -0.465 e. The summed E-state index contributed by atoms with van der Waals surface area (Å²) in [7, 11) is 4.27. The molecule has 0 amide bonds. The number of carbonyl (C=O) groups excluding carboxylic acids is 1. The lowest BCUT2D eigenvalue weighted by molar-refractivity contribution is -0.112. The number of aromatic nitrogens is 2. The second-order valence-corrected chi connectivity index (χ2v) is 5.67. The van der Waals surface area contributed by atoms with Crippen molar-refractivity contribution in [1.29, 1.82) is 0 Å². The van der Waals surface area contributed by atoms with Crippen LogP contribution in [0.4, 0.5) is 0 Å². The molecule has 7 heteroatoms. The molecular formula is C16H24N2O5. The number of ether oxygens (including phenoxy) is 3. The van der Waals surface area contributed by atoms with Gasteiger partial charge < -0.3 is 14.2 Å². The predicted molar refractivity (Wildman–Crippen MR) is 83.5 cm³/mol. The highest BCUT2D eigenvalue weighted by atomic mass is 16.7. The third kappa shape index (κ3) is 3.97. The van der Waals surface area contributed by atoms with E-state index in [9.17, 15) is 9.59 Å². The smallest absolute Gasteiger partial charge is 0.345 e. The molecule has 1 fully saturated rings. The first-order valence-electron chi connectivity index (χ1n) is 7.86. The molecule has 1 aliphatic carbocycles. The summed E-state index contributed by atoms with van der Waals surface area (Å²) in [4.78, 5) is 28.9. The quantitative estimate of drug-likeness (QED) is 0.585. The summed E-state index contributed by atoms with van der Waals surface area (Å²) >= 11 is 0. The lowest BCUT2D eigenvalue weighted by Crippen LogP contribution is -2.36. The summed E-state index contributed by atoms with van der Waals surface area (Å²) < 4.78 is 16.6. The van der Waals surface area contributed by atoms with Gasteiger partial charge in [0.1, 0.15) is 11.4 Å². The summed E-state index contributed by atoms with van der Waals surface area (Å²) in [6, 6.07) is 0. The molecule has 0 atom stereocenters. The lowest BCUT2D eigenvalue weighted by atomic mass is 9.88. The van der Waals surface area contributed by atoms with Crippen molar-refractivity contribution < 1.29 is 19.0 Å². The second-order valence-electron chi connectivity index (χ2n) is 5.67. The van der Waals surface area contributed by atoms with Crippen LogP contribution in [0.3, 0.4) is 0 Å². The standard InChI is InChI=1S/C16H24N2O5/c1-21-13(22-2)10-18-14(11-7-5-4-6-8-11)17-9-12(15(18)19)16(20)23-3/h9,11,13H,4-8,10H2,1-3H3. The van der Waals surface area contributed by atoms with Crippen molar-refractivity contribution in [3.63, 3.8) is 0 Å². The zero-order chi connectivity index (χ0) is 16.8. The molecule has 128 valence electrons. The summed E-state index contributed by atoms with van der Waals surface area (Å²) in [5, 5.41) is 0. The van der Waals surface area contributed by atoms with Crippen LogP contribution in [0, 0.1) is 0 Å². The molecule has 0 aliphatic heterocycles. The molecule has 0 unspecified atom stereocenters. The Balaban J connectivity index is 2.45. The number of nitrogens with zero attached hydrogens (tertiary/aromatic N) is 2. The van der Waals surface area contributed by atoms with E-state index in [0.29, 0.717) is 5.82 Å². The Bertz CT molecular complexity index is 589. The van der Waals surface area contributed by atoms with Gasteiger partial charge in [-0.2, -0.15) is 0 Å². The van der Waals surface area contributed by atoms with Crippen molar-refractivity contribution in [2.75, 3.05) is 21.3 Å². The molecule has 0 spiro atoms. The van der Waals surface area contributed by atoms with Crippen molar-refractivity contribution in [3.05, 3.63) is 27.9 Å². The van der Waals surface area contributed by atoms with Crippen LogP contribution < -0.4 is 5.56 Å². The Morgan fingerprint density at radius 2 is 1.91 bits per heavy atom.